The Hall–Kier alpha value is -3.37. The Morgan fingerprint density at radius 3 is 2.61 bits per heavy atom. The van der Waals surface area contributed by atoms with E-state index in [2.05, 4.69) is 10.3 Å². The molecule has 166 valence electrons. The van der Waals surface area contributed by atoms with Crippen molar-refractivity contribution >= 4 is 17.5 Å². The number of pyridine rings is 1. The molecule has 7 nitrogen and oxygen atoms in total. The number of rotatable bonds is 5. The summed E-state index contributed by atoms with van der Waals surface area (Å²) in [4.78, 5) is 29.2. The molecule has 2 heterocycles. The molecule has 2 amide bonds. The van der Waals surface area contributed by atoms with E-state index in [9.17, 15) is 27.2 Å². The van der Waals surface area contributed by atoms with Crippen LogP contribution in [0.3, 0.4) is 0 Å². The predicted molar refractivity (Wildman–Crippen MR) is 101 cm³/mol. The van der Waals surface area contributed by atoms with E-state index in [4.69, 9.17) is 9.47 Å². The summed E-state index contributed by atoms with van der Waals surface area (Å²) in [6.45, 7) is 1.86. The molecular weight excluding hydrogens is 422 g/mol. The van der Waals surface area contributed by atoms with Crippen LogP contribution in [0.1, 0.15) is 25.3 Å². The molecule has 1 aromatic heterocycles. The number of alkyl halides is 3. The van der Waals surface area contributed by atoms with Gasteiger partial charge in [-0.25, -0.2) is 9.37 Å². The minimum atomic E-state index is -4.74. The molecule has 31 heavy (non-hydrogen) atoms. The van der Waals surface area contributed by atoms with Gasteiger partial charge in [-0.2, -0.15) is 13.2 Å². The molecule has 3 rings (SSSR count). The van der Waals surface area contributed by atoms with Gasteiger partial charge in [-0.15, -0.1) is 0 Å². The molecule has 1 saturated heterocycles. The summed E-state index contributed by atoms with van der Waals surface area (Å²) in [5.41, 5.74) is -1.06. The minimum absolute atomic E-state index is 0.0112. The Morgan fingerprint density at radius 1 is 1.26 bits per heavy atom. The second-order valence-electron chi connectivity index (χ2n) is 6.83. The van der Waals surface area contributed by atoms with Crippen LogP contribution in [0.25, 0.3) is 0 Å². The summed E-state index contributed by atoms with van der Waals surface area (Å²) in [5, 5.41) is 2.66. The lowest BCUT2D eigenvalue weighted by Crippen LogP contribution is -2.42. The van der Waals surface area contributed by atoms with Gasteiger partial charge in [-0.3, -0.25) is 9.59 Å². The van der Waals surface area contributed by atoms with Crippen molar-refractivity contribution in [3.05, 3.63) is 41.8 Å². The highest BCUT2D eigenvalue weighted by Crippen LogP contribution is 2.34. The Labute approximate surface area is 175 Å². The van der Waals surface area contributed by atoms with E-state index in [1.165, 1.54) is 37.1 Å². The van der Waals surface area contributed by atoms with Crippen LogP contribution < -0.4 is 14.8 Å². The SMILES string of the molecule is COc1ccc(Oc2ncc(C(F)(F)F)cc2F)cc1NC(=O)C1CCCN1C(C)=O. The van der Waals surface area contributed by atoms with Crippen molar-refractivity contribution in [3.8, 4) is 17.4 Å². The number of nitrogens with zero attached hydrogens (tertiary/aromatic N) is 2. The quantitative estimate of drug-likeness (QED) is 0.710. The van der Waals surface area contributed by atoms with Gasteiger partial charge in [0.25, 0.3) is 5.88 Å². The van der Waals surface area contributed by atoms with Crippen LogP contribution in [0.4, 0.5) is 23.2 Å². The molecule has 1 unspecified atom stereocenters. The number of halogens is 4. The van der Waals surface area contributed by atoms with Gasteiger partial charge in [0.05, 0.1) is 18.4 Å². The van der Waals surface area contributed by atoms with E-state index in [1.54, 1.807) is 0 Å². The van der Waals surface area contributed by atoms with Crippen molar-refractivity contribution in [3.63, 3.8) is 0 Å². The fourth-order valence-corrected chi connectivity index (χ4v) is 3.25. The van der Waals surface area contributed by atoms with Gasteiger partial charge < -0.3 is 19.7 Å². The molecule has 1 aliphatic heterocycles. The second kappa shape index (κ2) is 8.78. The predicted octanol–water partition coefficient (Wildman–Crippen LogP) is 3.99. The molecule has 1 atom stereocenters. The molecule has 0 bridgehead atoms. The molecule has 1 N–H and O–H groups in total. The molecule has 1 aliphatic rings. The maximum Gasteiger partial charge on any atom is 0.417 e. The van der Waals surface area contributed by atoms with Crippen LogP contribution in [0.15, 0.2) is 30.5 Å². The van der Waals surface area contributed by atoms with Gasteiger partial charge in [0.2, 0.25) is 11.8 Å². The first-order valence-electron chi connectivity index (χ1n) is 9.27. The molecule has 11 heteroatoms. The lowest BCUT2D eigenvalue weighted by Gasteiger charge is -2.23. The van der Waals surface area contributed by atoms with Gasteiger partial charge >= 0.3 is 6.18 Å². The first kappa shape index (κ1) is 22.3. The first-order chi connectivity index (χ1) is 14.6. The number of carbonyl (C=O) groups is 2. The third-order valence-corrected chi connectivity index (χ3v) is 4.74. The maximum absolute atomic E-state index is 14.0. The van der Waals surface area contributed by atoms with E-state index in [0.29, 0.717) is 25.6 Å². The summed E-state index contributed by atoms with van der Waals surface area (Å²) >= 11 is 0. The molecular formula is C20H19F4N3O4. The third-order valence-electron chi connectivity index (χ3n) is 4.74. The topological polar surface area (TPSA) is 80.8 Å². The molecule has 1 fully saturated rings. The van der Waals surface area contributed by atoms with Crippen molar-refractivity contribution < 1.29 is 36.6 Å². The van der Waals surface area contributed by atoms with Crippen molar-refractivity contribution in [2.24, 2.45) is 0 Å². The molecule has 0 spiro atoms. The maximum atomic E-state index is 14.0. The summed E-state index contributed by atoms with van der Waals surface area (Å²) in [7, 11) is 1.38. The van der Waals surface area contributed by atoms with E-state index in [1.807, 2.05) is 0 Å². The number of likely N-dealkylation sites (tertiary alicyclic amines) is 1. The average Bonchev–Trinajstić information content (AvgIpc) is 3.19. The largest absolute Gasteiger partial charge is 0.495 e. The Bertz CT molecular complexity index is 997. The van der Waals surface area contributed by atoms with E-state index in [-0.39, 0.29) is 29.2 Å². The van der Waals surface area contributed by atoms with Crippen LogP contribution in [0.5, 0.6) is 17.4 Å². The van der Waals surface area contributed by atoms with Crippen molar-refractivity contribution in [1.29, 1.82) is 0 Å². The molecule has 0 aliphatic carbocycles. The van der Waals surface area contributed by atoms with Crippen molar-refractivity contribution in [2.45, 2.75) is 32.0 Å². The van der Waals surface area contributed by atoms with Crippen LogP contribution >= 0.6 is 0 Å². The highest BCUT2D eigenvalue weighted by atomic mass is 19.4. The van der Waals surface area contributed by atoms with Crippen LogP contribution in [-0.4, -0.2) is 41.4 Å². The highest BCUT2D eigenvalue weighted by Gasteiger charge is 2.33. The summed E-state index contributed by atoms with van der Waals surface area (Å²) in [5.74, 6) is -2.31. The number of aromatic nitrogens is 1. The molecule has 1 aromatic carbocycles. The first-order valence-corrected chi connectivity index (χ1v) is 9.27. The molecule has 0 radical (unpaired) electrons. The zero-order valence-electron chi connectivity index (χ0n) is 16.6. The van der Waals surface area contributed by atoms with E-state index in [0.717, 1.165) is 0 Å². The standard InChI is InChI=1S/C20H19F4N3O4/c1-11(28)27-7-3-4-16(27)18(29)26-15-9-13(5-6-17(15)30-2)31-19-14(21)8-12(10-25-19)20(22,23)24/h5-6,8-10,16H,3-4,7H2,1-2H3,(H,26,29). The number of ether oxygens (including phenoxy) is 2. The zero-order chi connectivity index (χ0) is 22.8. The number of nitrogens with one attached hydrogen (secondary N) is 1. The summed E-state index contributed by atoms with van der Waals surface area (Å²) in [6, 6.07) is 3.78. The smallest absolute Gasteiger partial charge is 0.417 e. The molecule has 2 aromatic rings. The van der Waals surface area contributed by atoms with Crippen LogP contribution in [0, 0.1) is 5.82 Å². The zero-order valence-corrected chi connectivity index (χ0v) is 16.6. The van der Waals surface area contributed by atoms with Gasteiger partial charge in [0.1, 0.15) is 17.5 Å². The molecule has 0 saturated carbocycles. The lowest BCUT2D eigenvalue weighted by atomic mass is 10.2. The van der Waals surface area contributed by atoms with Crippen LogP contribution in [-0.2, 0) is 15.8 Å². The number of amides is 2. The minimum Gasteiger partial charge on any atom is -0.495 e. The van der Waals surface area contributed by atoms with Gasteiger partial charge in [0.15, 0.2) is 5.82 Å². The number of benzene rings is 1. The number of carbonyl (C=O) groups excluding carboxylic acids is 2. The van der Waals surface area contributed by atoms with E-state index >= 15 is 0 Å². The number of methoxy groups -OCH3 is 1. The van der Waals surface area contributed by atoms with Gasteiger partial charge in [0, 0.05) is 25.7 Å². The Balaban J connectivity index is 1.81. The fourth-order valence-electron chi connectivity index (χ4n) is 3.25. The summed E-state index contributed by atoms with van der Waals surface area (Å²) < 4.78 is 62.5. The lowest BCUT2D eigenvalue weighted by molar-refractivity contribution is -0.138. The van der Waals surface area contributed by atoms with Crippen LogP contribution in [0.2, 0.25) is 0 Å². The van der Waals surface area contributed by atoms with Crippen molar-refractivity contribution in [2.75, 3.05) is 19.0 Å². The Morgan fingerprint density at radius 2 is 2.00 bits per heavy atom. The van der Waals surface area contributed by atoms with Gasteiger partial charge in [-0.05, 0) is 31.0 Å². The van der Waals surface area contributed by atoms with E-state index < -0.39 is 35.4 Å². The number of anilines is 1. The third kappa shape index (κ3) is 5.04. The normalized spacial score (nSPS) is 16.2. The Kier molecular flexibility index (Phi) is 6.32. The highest BCUT2D eigenvalue weighted by molar-refractivity contribution is 5.98. The van der Waals surface area contributed by atoms with Crippen molar-refractivity contribution in [1.82, 2.24) is 9.88 Å². The monoisotopic (exact) mass is 441 g/mol. The summed E-state index contributed by atoms with van der Waals surface area (Å²) in [6.07, 6.45) is -3.08. The van der Waals surface area contributed by atoms with Gasteiger partial charge in [-0.1, -0.05) is 0 Å². The fraction of sp³-hybridized carbons (Fsp3) is 0.350. The number of hydrogen-bond donors (Lipinski definition) is 1. The average molecular weight is 441 g/mol. The second-order valence-corrected chi connectivity index (χ2v) is 6.83. The number of hydrogen-bond acceptors (Lipinski definition) is 5.